The van der Waals surface area contributed by atoms with Gasteiger partial charge in [-0.2, -0.15) is 0 Å². The van der Waals surface area contributed by atoms with E-state index >= 15 is 0 Å². The van der Waals surface area contributed by atoms with Crippen LogP contribution in [0.3, 0.4) is 0 Å². The first-order valence-corrected chi connectivity index (χ1v) is 5.99. The van der Waals surface area contributed by atoms with E-state index in [1.165, 1.54) is 0 Å². The smallest absolute Gasteiger partial charge is 0.144 e. The van der Waals surface area contributed by atoms with Gasteiger partial charge in [-0.1, -0.05) is 6.07 Å². The molecule has 0 aliphatic carbocycles. The van der Waals surface area contributed by atoms with Gasteiger partial charge in [0.1, 0.15) is 11.6 Å². The van der Waals surface area contributed by atoms with E-state index in [1.807, 2.05) is 42.0 Å². The van der Waals surface area contributed by atoms with Crippen LogP contribution >= 0.6 is 0 Å². The van der Waals surface area contributed by atoms with E-state index in [-0.39, 0.29) is 5.75 Å². The molecule has 94 valence electrons. The number of nitrogens with zero attached hydrogens (tertiary/aromatic N) is 3. The molecular weight excluding hydrogens is 238 g/mol. The average molecular weight is 251 g/mol. The molecule has 0 unspecified atom stereocenters. The summed E-state index contributed by atoms with van der Waals surface area (Å²) in [5, 5.41) is 9.82. The molecule has 4 heteroatoms. The van der Waals surface area contributed by atoms with Gasteiger partial charge in [-0.25, -0.2) is 4.98 Å². The maximum absolute atomic E-state index is 9.82. The summed E-state index contributed by atoms with van der Waals surface area (Å²) in [4.78, 5) is 8.37. The monoisotopic (exact) mass is 251 g/mol. The highest BCUT2D eigenvalue weighted by atomic mass is 16.3. The number of aryl methyl sites for hydroxylation is 1. The Kier molecular flexibility index (Phi) is 2.76. The lowest BCUT2D eigenvalue weighted by atomic mass is 10.2. The topological polar surface area (TPSA) is 50.9 Å². The Hall–Kier alpha value is -2.62. The summed E-state index contributed by atoms with van der Waals surface area (Å²) < 4.78 is 1.94. The molecule has 0 aliphatic rings. The van der Waals surface area contributed by atoms with Crippen LogP contribution < -0.4 is 0 Å². The van der Waals surface area contributed by atoms with Crippen molar-refractivity contribution in [2.45, 2.75) is 6.92 Å². The number of imidazole rings is 1. The molecule has 0 saturated carbocycles. The predicted molar refractivity (Wildman–Crippen MR) is 73.2 cm³/mol. The van der Waals surface area contributed by atoms with Crippen molar-refractivity contribution < 1.29 is 5.11 Å². The minimum absolute atomic E-state index is 0.284. The van der Waals surface area contributed by atoms with Crippen molar-refractivity contribution in [3.05, 3.63) is 60.7 Å². The number of phenolic OH excluding ortho intramolecular Hbond substituents is 1. The highest BCUT2D eigenvalue weighted by Gasteiger charge is 2.08. The van der Waals surface area contributed by atoms with Crippen LogP contribution in [-0.4, -0.2) is 19.6 Å². The molecule has 0 saturated heterocycles. The zero-order valence-corrected chi connectivity index (χ0v) is 10.5. The zero-order chi connectivity index (χ0) is 13.2. The van der Waals surface area contributed by atoms with Gasteiger partial charge in [-0.15, -0.1) is 0 Å². The lowest BCUT2D eigenvalue weighted by molar-refractivity contribution is 0.471. The summed E-state index contributed by atoms with van der Waals surface area (Å²) in [5.41, 5.74) is 2.72. The first-order chi connectivity index (χ1) is 9.25. The molecule has 3 rings (SSSR count). The lowest BCUT2D eigenvalue weighted by Crippen LogP contribution is -1.96. The SMILES string of the molecule is Cc1ccc(-n2ccnc2-c2ccncc2)cc1O. The van der Waals surface area contributed by atoms with Crippen LogP contribution in [0, 0.1) is 6.92 Å². The molecule has 0 aliphatic heterocycles. The van der Waals surface area contributed by atoms with Gasteiger partial charge in [0.25, 0.3) is 0 Å². The molecule has 1 N–H and O–H groups in total. The zero-order valence-electron chi connectivity index (χ0n) is 10.5. The number of rotatable bonds is 2. The normalized spacial score (nSPS) is 10.6. The van der Waals surface area contributed by atoms with Crippen LogP contribution in [0.15, 0.2) is 55.1 Å². The highest BCUT2D eigenvalue weighted by molar-refractivity contribution is 5.58. The van der Waals surface area contributed by atoms with Crippen LogP contribution in [0.25, 0.3) is 17.1 Å². The molecule has 19 heavy (non-hydrogen) atoms. The first-order valence-electron chi connectivity index (χ1n) is 5.99. The third kappa shape index (κ3) is 2.08. The van der Waals surface area contributed by atoms with Crippen LogP contribution in [0.2, 0.25) is 0 Å². The molecule has 0 fully saturated rings. The lowest BCUT2D eigenvalue weighted by Gasteiger charge is -2.09. The van der Waals surface area contributed by atoms with Crippen LogP contribution in [0.5, 0.6) is 5.75 Å². The fourth-order valence-electron chi connectivity index (χ4n) is 1.97. The molecule has 0 spiro atoms. The second kappa shape index (κ2) is 4.57. The fourth-order valence-corrected chi connectivity index (χ4v) is 1.97. The van der Waals surface area contributed by atoms with Gasteiger partial charge in [-0.05, 0) is 30.7 Å². The second-order valence-corrected chi connectivity index (χ2v) is 4.33. The van der Waals surface area contributed by atoms with E-state index in [0.717, 1.165) is 22.6 Å². The largest absolute Gasteiger partial charge is 0.508 e. The third-order valence-electron chi connectivity index (χ3n) is 3.05. The molecule has 2 heterocycles. The molecule has 4 nitrogen and oxygen atoms in total. The van der Waals surface area contributed by atoms with Gasteiger partial charge in [0.2, 0.25) is 0 Å². The number of aromatic nitrogens is 3. The van der Waals surface area contributed by atoms with Crippen molar-refractivity contribution in [1.29, 1.82) is 0 Å². The standard InChI is InChI=1S/C15H13N3O/c1-11-2-3-13(10-14(11)19)18-9-8-17-15(18)12-4-6-16-7-5-12/h2-10,19H,1H3. The number of phenols is 1. The maximum atomic E-state index is 9.82. The minimum atomic E-state index is 0.284. The third-order valence-corrected chi connectivity index (χ3v) is 3.05. The molecule has 0 atom stereocenters. The summed E-state index contributed by atoms with van der Waals surface area (Å²) >= 11 is 0. The number of benzene rings is 1. The summed E-state index contributed by atoms with van der Waals surface area (Å²) in [6, 6.07) is 9.41. The van der Waals surface area contributed by atoms with Gasteiger partial charge in [0.05, 0.1) is 5.69 Å². The van der Waals surface area contributed by atoms with Crippen molar-refractivity contribution in [2.75, 3.05) is 0 Å². The number of aromatic hydroxyl groups is 1. The van der Waals surface area contributed by atoms with Crippen LogP contribution in [0.4, 0.5) is 0 Å². The average Bonchev–Trinajstić information content (AvgIpc) is 2.92. The summed E-state index contributed by atoms with van der Waals surface area (Å²) in [7, 11) is 0. The Morgan fingerprint density at radius 3 is 2.58 bits per heavy atom. The van der Waals surface area contributed by atoms with Gasteiger partial charge in [0.15, 0.2) is 0 Å². The molecule has 0 radical (unpaired) electrons. The molecular formula is C15H13N3O. The van der Waals surface area contributed by atoms with Crippen LogP contribution in [0.1, 0.15) is 5.56 Å². The van der Waals surface area contributed by atoms with E-state index in [4.69, 9.17) is 0 Å². The van der Waals surface area contributed by atoms with Crippen molar-refractivity contribution in [1.82, 2.24) is 14.5 Å². The predicted octanol–water partition coefficient (Wildman–Crippen LogP) is 2.95. The van der Waals surface area contributed by atoms with Gasteiger partial charge >= 0.3 is 0 Å². The minimum Gasteiger partial charge on any atom is -0.508 e. The second-order valence-electron chi connectivity index (χ2n) is 4.33. The van der Waals surface area contributed by atoms with Gasteiger partial charge < -0.3 is 5.11 Å². The van der Waals surface area contributed by atoms with Crippen LogP contribution in [-0.2, 0) is 0 Å². The summed E-state index contributed by atoms with van der Waals surface area (Å²) in [5.74, 6) is 1.11. The Bertz CT molecular complexity index is 704. The van der Waals surface area contributed by atoms with E-state index in [1.54, 1.807) is 24.7 Å². The first kappa shape index (κ1) is 11.5. The Morgan fingerprint density at radius 2 is 1.84 bits per heavy atom. The summed E-state index contributed by atoms with van der Waals surface area (Å²) in [6.07, 6.45) is 7.09. The van der Waals surface area contributed by atoms with E-state index in [9.17, 15) is 5.11 Å². The number of hydrogen-bond acceptors (Lipinski definition) is 3. The Labute approximate surface area is 111 Å². The quantitative estimate of drug-likeness (QED) is 0.761. The number of pyridine rings is 1. The molecule has 3 aromatic rings. The van der Waals surface area contributed by atoms with E-state index in [2.05, 4.69) is 9.97 Å². The molecule has 1 aromatic carbocycles. The molecule has 0 amide bonds. The van der Waals surface area contributed by atoms with E-state index in [0.29, 0.717) is 0 Å². The Balaban J connectivity index is 2.12. The van der Waals surface area contributed by atoms with E-state index < -0.39 is 0 Å². The summed E-state index contributed by atoms with van der Waals surface area (Å²) in [6.45, 7) is 1.87. The highest BCUT2D eigenvalue weighted by Crippen LogP contribution is 2.24. The fraction of sp³-hybridized carbons (Fsp3) is 0.0667. The Morgan fingerprint density at radius 1 is 1.05 bits per heavy atom. The van der Waals surface area contributed by atoms with Crippen molar-refractivity contribution >= 4 is 0 Å². The van der Waals surface area contributed by atoms with Crippen molar-refractivity contribution in [3.8, 4) is 22.8 Å². The van der Waals surface area contributed by atoms with Crippen molar-refractivity contribution in [3.63, 3.8) is 0 Å². The maximum Gasteiger partial charge on any atom is 0.144 e. The van der Waals surface area contributed by atoms with Crippen molar-refractivity contribution in [2.24, 2.45) is 0 Å². The molecule has 2 aromatic heterocycles. The van der Waals surface area contributed by atoms with Gasteiger partial charge in [-0.3, -0.25) is 9.55 Å². The molecule has 0 bridgehead atoms. The number of hydrogen-bond donors (Lipinski definition) is 1. The van der Waals surface area contributed by atoms with Gasteiger partial charge in [0, 0.05) is 36.4 Å².